The van der Waals surface area contributed by atoms with Crippen LogP contribution in [0.3, 0.4) is 0 Å². The minimum absolute atomic E-state index is 0.496. The molecule has 3 rings (SSSR count). The first kappa shape index (κ1) is 12.2. The molecule has 0 aliphatic heterocycles. The first-order chi connectivity index (χ1) is 9.13. The summed E-state index contributed by atoms with van der Waals surface area (Å²) in [5.41, 5.74) is 9.78. The van der Waals surface area contributed by atoms with Crippen LogP contribution < -0.4 is 5.73 Å². The quantitative estimate of drug-likeness (QED) is 0.790. The van der Waals surface area contributed by atoms with Crippen molar-refractivity contribution in [3.05, 3.63) is 52.1 Å². The summed E-state index contributed by atoms with van der Waals surface area (Å²) in [6.45, 7) is 2.64. The Labute approximate surface area is 119 Å². The van der Waals surface area contributed by atoms with E-state index in [4.69, 9.17) is 5.73 Å². The molecule has 4 nitrogen and oxygen atoms in total. The van der Waals surface area contributed by atoms with Crippen molar-refractivity contribution in [2.24, 2.45) is 0 Å². The molecule has 2 heterocycles. The molecule has 0 bridgehead atoms. The zero-order valence-corrected chi connectivity index (χ0v) is 12.1. The molecule has 0 radical (unpaired) electrons. The monoisotopic (exact) mass is 316 g/mol. The number of aryl methyl sites for hydroxylation is 1. The lowest BCUT2D eigenvalue weighted by Gasteiger charge is -2.06. The summed E-state index contributed by atoms with van der Waals surface area (Å²) in [4.78, 5) is 8.86. The first-order valence-corrected chi connectivity index (χ1v) is 6.76. The van der Waals surface area contributed by atoms with E-state index >= 15 is 0 Å². The van der Waals surface area contributed by atoms with E-state index in [0.29, 0.717) is 12.5 Å². The van der Waals surface area contributed by atoms with Gasteiger partial charge in [-0.05, 0) is 36.8 Å². The van der Waals surface area contributed by atoms with Crippen molar-refractivity contribution < 1.29 is 0 Å². The maximum absolute atomic E-state index is 5.98. The van der Waals surface area contributed by atoms with Crippen molar-refractivity contribution >= 4 is 33.0 Å². The fraction of sp³-hybridized carbons (Fsp3) is 0.143. The van der Waals surface area contributed by atoms with Gasteiger partial charge in [0.2, 0.25) is 5.95 Å². The number of aromatic nitrogens is 3. The molecule has 0 spiro atoms. The van der Waals surface area contributed by atoms with Gasteiger partial charge in [-0.15, -0.1) is 0 Å². The number of nitrogens with two attached hydrogens (primary N) is 1. The fourth-order valence-electron chi connectivity index (χ4n) is 2.04. The van der Waals surface area contributed by atoms with E-state index < -0.39 is 0 Å². The zero-order valence-electron chi connectivity index (χ0n) is 10.5. The number of nitrogen functional groups attached to an aromatic ring is 1. The number of fused-ring (bicyclic) bond motifs is 1. The zero-order chi connectivity index (χ0) is 13.4. The molecule has 19 heavy (non-hydrogen) atoms. The van der Waals surface area contributed by atoms with Crippen LogP contribution in [0.1, 0.15) is 11.3 Å². The smallest absolute Gasteiger partial charge is 0.202 e. The second-order valence-electron chi connectivity index (χ2n) is 4.48. The van der Waals surface area contributed by atoms with Gasteiger partial charge in [0, 0.05) is 10.2 Å². The minimum Gasteiger partial charge on any atom is -0.369 e. The number of imidazole rings is 1. The molecule has 0 fully saturated rings. The highest BCUT2D eigenvalue weighted by atomic mass is 79.9. The van der Waals surface area contributed by atoms with Crippen LogP contribution in [0.25, 0.3) is 11.2 Å². The second kappa shape index (κ2) is 4.66. The Morgan fingerprint density at radius 1 is 1.11 bits per heavy atom. The SMILES string of the molecule is Cc1ccc2nc(N)n(Cc3ccc(Br)cc3)c2n1. The summed E-state index contributed by atoms with van der Waals surface area (Å²) >= 11 is 3.43. The van der Waals surface area contributed by atoms with Gasteiger partial charge in [0.05, 0.1) is 6.54 Å². The van der Waals surface area contributed by atoms with Gasteiger partial charge in [-0.1, -0.05) is 28.1 Å². The number of anilines is 1. The summed E-state index contributed by atoms with van der Waals surface area (Å²) in [5, 5.41) is 0. The predicted molar refractivity (Wildman–Crippen MR) is 79.9 cm³/mol. The van der Waals surface area contributed by atoms with Gasteiger partial charge in [0.15, 0.2) is 5.65 Å². The maximum Gasteiger partial charge on any atom is 0.202 e. The third-order valence-electron chi connectivity index (χ3n) is 3.01. The molecule has 1 aromatic carbocycles. The number of pyridine rings is 1. The molecule has 0 aliphatic carbocycles. The number of hydrogen-bond donors (Lipinski definition) is 1. The molecule has 5 heteroatoms. The molecule has 96 valence electrons. The van der Waals surface area contributed by atoms with Crippen LogP contribution in [-0.2, 0) is 6.54 Å². The molecule has 0 atom stereocenters. The summed E-state index contributed by atoms with van der Waals surface area (Å²) in [5.74, 6) is 0.496. The highest BCUT2D eigenvalue weighted by molar-refractivity contribution is 9.10. The summed E-state index contributed by atoms with van der Waals surface area (Å²) in [6, 6.07) is 12.0. The van der Waals surface area contributed by atoms with Gasteiger partial charge in [-0.3, -0.25) is 4.57 Å². The van der Waals surface area contributed by atoms with E-state index in [2.05, 4.69) is 38.0 Å². The predicted octanol–water partition coefficient (Wildman–Crippen LogP) is 3.13. The highest BCUT2D eigenvalue weighted by Crippen LogP contribution is 2.19. The molecule has 3 aromatic rings. The molecule has 0 unspecified atom stereocenters. The van der Waals surface area contributed by atoms with Crippen molar-refractivity contribution in [1.82, 2.24) is 14.5 Å². The lowest BCUT2D eigenvalue weighted by Crippen LogP contribution is -2.05. The number of nitrogens with zero attached hydrogens (tertiary/aromatic N) is 3. The fourth-order valence-corrected chi connectivity index (χ4v) is 2.31. The lowest BCUT2D eigenvalue weighted by atomic mass is 10.2. The van der Waals surface area contributed by atoms with Crippen LogP contribution in [0.5, 0.6) is 0 Å². The highest BCUT2D eigenvalue weighted by Gasteiger charge is 2.09. The van der Waals surface area contributed by atoms with Crippen molar-refractivity contribution in [2.45, 2.75) is 13.5 Å². The number of benzene rings is 1. The van der Waals surface area contributed by atoms with E-state index in [0.717, 1.165) is 26.9 Å². The third kappa shape index (κ3) is 2.33. The van der Waals surface area contributed by atoms with Gasteiger partial charge in [-0.2, -0.15) is 0 Å². The van der Waals surface area contributed by atoms with Gasteiger partial charge >= 0.3 is 0 Å². The van der Waals surface area contributed by atoms with E-state index in [-0.39, 0.29) is 0 Å². The minimum atomic E-state index is 0.496. The van der Waals surface area contributed by atoms with Gasteiger partial charge in [0.1, 0.15) is 5.52 Å². The Morgan fingerprint density at radius 3 is 2.58 bits per heavy atom. The van der Waals surface area contributed by atoms with Crippen LogP contribution in [-0.4, -0.2) is 14.5 Å². The summed E-state index contributed by atoms with van der Waals surface area (Å²) in [7, 11) is 0. The van der Waals surface area contributed by atoms with Gasteiger partial charge in [-0.25, -0.2) is 9.97 Å². The average molecular weight is 317 g/mol. The number of hydrogen-bond acceptors (Lipinski definition) is 3. The lowest BCUT2D eigenvalue weighted by molar-refractivity contribution is 0.826. The first-order valence-electron chi connectivity index (χ1n) is 5.97. The summed E-state index contributed by atoms with van der Waals surface area (Å²) in [6.07, 6.45) is 0. The molecule has 2 N–H and O–H groups in total. The topological polar surface area (TPSA) is 56.7 Å². The van der Waals surface area contributed by atoms with Crippen LogP contribution in [0.2, 0.25) is 0 Å². The average Bonchev–Trinajstić information content (AvgIpc) is 2.69. The molecule has 2 aromatic heterocycles. The molecule has 0 aliphatic rings. The van der Waals surface area contributed by atoms with Crippen LogP contribution >= 0.6 is 15.9 Å². The van der Waals surface area contributed by atoms with E-state index in [1.165, 1.54) is 0 Å². The Morgan fingerprint density at radius 2 is 1.84 bits per heavy atom. The number of halogens is 1. The Kier molecular flexibility index (Phi) is 2.98. The van der Waals surface area contributed by atoms with E-state index in [9.17, 15) is 0 Å². The third-order valence-corrected chi connectivity index (χ3v) is 3.54. The Balaban J connectivity index is 2.06. The van der Waals surface area contributed by atoms with Crippen molar-refractivity contribution in [1.29, 1.82) is 0 Å². The summed E-state index contributed by atoms with van der Waals surface area (Å²) < 4.78 is 3.00. The van der Waals surface area contributed by atoms with Gasteiger partial charge < -0.3 is 5.73 Å². The van der Waals surface area contributed by atoms with Crippen molar-refractivity contribution in [3.8, 4) is 0 Å². The molecule has 0 amide bonds. The Bertz CT molecular complexity index is 731. The Hall–Kier alpha value is -1.88. The van der Waals surface area contributed by atoms with Crippen LogP contribution in [0, 0.1) is 6.92 Å². The normalized spacial score (nSPS) is 11.1. The largest absolute Gasteiger partial charge is 0.369 e. The molecule has 0 saturated heterocycles. The maximum atomic E-state index is 5.98. The second-order valence-corrected chi connectivity index (χ2v) is 5.39. The standard InChI is InChI=1S/C14H13BrN4/c1-9-2-7-12-13(17-9)19(14(16)18-12)8-10-3-5-11(15)6-4-10/h2-7H,8H2,1H3,(H2,16,18). The van der Waals surface area contributed by atoms with E-state index in [1.807, 2.05) is 35.8 Å². The van der Waals surface area contributed by atoms with Crippen LogP contribution in [0.15, 0.2) is 40.9 Å². The van der Waals surface area contributed by atoms with Crippen molar-refractivity contribution in [3.63, 3.8) is 0 Å². The molecular weight excluding hydrogens is 304 g/mol. The van der Waals surface area contributed by atoms with E-state index in [1.54, 1.807) is 0 Å². The number of rotatable bonds is 2. The molecule has 0 saturated carbocycles. The van der Waals surface area contributed by atoms with Crippen molar-refractivity contribution in [2.75, 3.05) is 5.73 Å². The molecular formula is C14H13BrN4. The van der Waals surface area contributed by atoms with Crippen LogP contribution in [0.4, 0.5) is 5.95 Å². The van der Waals surface area contributed by atoms with Gasteiger partial charge in [0.25, 0.3) is 0 Å².